The van der Waals surface area contributed by atoms with Crippen LogP contribution in [0, 0.1) is 13.8 Å². The molecule has 22 heavy (non-hydrogen) atoms. The van der Waals surface area contributed by atoms with E-state index in [0.717, 1.165) is 16.0 Å². The average molecular weight is 316 g/mol. The molecule has 1 aromatic heterocycles. The van der Waals surface area contributed by atoms with Crippen LogP contribution in [0.2, 0.25) is 0 Å². The zero-order valence-electron chi connectivity index (χ0n) is 12.2. The number of carbonyl (C=O) groups is 2. The van der Waals surface area contributed by atoms with Crippen LogP contribution in [0.1, 0.15) is 22.5 Å². The standard InChI is InChI=1S/C17H14ClNO3/c1-10-5-6-12(8-11(10)2)14-15(18)17(21)19(16(14)20)9-13-4-3-7-22-13/h3-8H,9H2,1-2H3. The number of halogens is 1. The van der Waals surface area contributed by atoms with E-state index in [9.17, 15) is 9.59 Å². The van der Waals surface area contributed by atoms with Crippen molar-refractivity contribution < 1.29 is 14.0 Å². The molecular weight excluding hydrogens is 302 g/mol. The minimum absolute atomic E-state index is 0.0418. The van der Waals surface area contributed by atoms with Crippen LogP contribution in [0.5, 0.6) is 0 Å². The molecule has 3 rings (SSSR count). The molecule has 0 unspecified atom stereocenters. The zero-order valence-corrected chi connectivity index (χ0v) is 13.0. The summed E-state index contributed by atoms with van der Waals surface area (Å²) in [7, 11) is 0. The first-order valence-corrected chi connectivity index (χ1v) is 7.23. The molecule has 0 aliphatic carbocycles. The van der Waals surface area contributed by atoms with Gasteiger partial charge in [0, 0.05) is 0 Å². The topological polar surface area (TPSA) is 50.5 Å². The second-order valence-corrected chi connectivity index (χ2v) is 5.64. The largest absolute Gasteiger partial charge is 0.467 e. The molecule has 0 bridgehead atoms. The van der Waals surface area contributed by atoms with Gasteiger partial charge in [0.05, 0.1) is 18.4 Å². The van der Waals surface area contributed by atoms with E-state index >= 15 is 0 Å². The summed E-state index contributed by atoms with van der Waals surface area (Å²) in [4.78, 5) is 25.9. The number of amides is 2. The molecule has 0 radical (unpaired) electrons. The summed E-state index contributed by atoms with van der Waals surface area (Å²) in [6, 6.07) is 9.01. The van der Waals surface area contributed by atoms with Crippen LogP contribution in [-0.4, -0.2) is 16.7 Å². The van der Waals surface area contributed by atoms with Gasteiger partial charge < -0.3 is 4.42 Å². The van der Waals surface area contributed by atoms with E-state index in [0.29, 0.717) is 11.3 Å². The number of furan rings is 1. The fraction of sp³-hybridized carbons (Fsp3) is 0.176. The number of aryl methyl sites for hydroxylation is 2. The van der Waals surface area contributed by atoms with E-state index in [2.05, 4.69) is 0 Å². The number of hydrogen-bond acceptors (Lipinski definition) is 3. The van der Waals surface area contributed by atoms with E-state index in [-0.39, 0.29) is 17.2 Å². The third-order valence-corrected chi connectivity index (χ3v) is 4.15. The fourth-order valence-corrected chi connectivity index (χ4v) is 2.69. The Morgan fingerprint density at radius 1 is 1.09 bits per heavy atom. The first kappa shape index (κ1) is 14.6. The highest BCUT2D eigenvalue weighted by Crippen LogP contribution is 2.33. The summed E-state index contributed by atoms with van der Waals surface area (Å²) >= 11 is 6.12. The smallest absolute Gasteiger partial charge is 0.273 e. The van der Waals surface area contributed by atoms with Gasteiger partial charge in [-0.05, 0) is 42.7 Å². The van der Waals surface area contributed by atoms with Gasteiger partial charge in [-0.1, -0.05) is 29.8 Å². The van der Waals surface area contributed by atoms with Crippen molar-refractivity contribution in [2.75, 3.05) is 0 Å². The highest BCUT2D eigenvalue weighted by atomic mass is 35.5. The van der Waals surface area contributed by atoms with Gasteiger partial charge in [0.1, 0.15) is 10.8 Å². The Labute approximate surface area is 133 Å². The third-order valence-electron chi connectivity index (χ3n) is 3.80. The van der Waals surface area contributed by atoms with Crippen molar-refractivity contribution >= 4 is 29.0 Å². The van der Waals surface area contributed by atoms with E-state index in [1.165, 1.54) is 6.26 Å². The quantitative estimate of drug-likeness (QED) is 0.816. The molecule has 0 spiro atoms. The Morgan fingerprint density at radius 3 is 2.50 bits per heavy atom. The monoisotopic (exact) mass is 315 g/mol. The van der Waals surface area contributed by atoms with Crippen molar-refractivity contribution in [3.63, 3.8) is 0 Å². The lowest BCUT2D eigenvalue weighted by atomic mass is 10.0. The van der Waals surface area contributed by atoms with Crippen LogP contribution in [0.3, 0.4) is 0 Å². The van der Waals surface area contributed by atoms with E-state index in [1.807, 2.05) is 32.0 Å². The van der Waals surface area contributed by atoms with Crippen molar-refractivity contribution in [3.05, 3.63) is 64.1 Å². The minimum Gasteiger partial charge on any atom is -0.467 e. The fourth-order valence-electron chi connectivity index (χ4n) is 2.40. The van der Waals surface area contributed by atoms with Crippen LogP contribution >= 0.6 is 11.6 Å². The molecule has 2 aromatic rings. The molecule has 0 saturated carbocycles. The number of imide groups is 1. The molecular formula is C17H14ClNO3. The molecule has 2 heterocycles. The SMILES string of the molecule is Cc1ccc(C2=C(Cl)C(=O)N(Cc3ccco3)C2=O)cc1C. The number of benzene rings is 1. The van der Waals surface area contributed by atoms with Crippen molar-refractivity contribution in [3.8, 4) is 0 Å². The Hall–Kier alpha value is -2.33. The number of hydrogen-bond donors (Lipinski definition) is 0. The summed E-state index contributed by atoms with van der Waals surface area (Å²) in [5.41, 5.74) is 3.07. The lowest BCUT2D eigenvalue weighted by Gasteiger charge is -2.13. The van der Waals surface area contributed by atoms with Crippen LogP contribution in [0.25, 0.3) is 5.57 Å². The number of nitrogens with zero attached hydrogens (tertiary/aromatic N) is 1. The zero-order chi connectivity index (χ0) is 15.9. The van der Waals surface area contributed by atoms with Crippen LogP contribution < -0.4 is 0 Å². The van der Waals surface area contributed by atoms with Gasteiger partial charge in [-0.25, -0.2) is 0 Å². The Balaban J connectivity index is 1.96. The average Bonchev–Trinajstić information content (AvgIpc) is 3.06. The Kier molecular flexibility index (Phi) is 3.62. The number of rotatable bonds is 3. The maximum atomic E-state index is 12.6. The second kappa shape index (κ2) is 5.46. The predicted octanol–water partition coefficient (Wildman–Crippen LogP) is 3.42. The minimum atomic E-state index is -0.490. The molecule has 0 saturated heterocycles. The summed E-state index contributed by atoms with van der Waals surface area (Å²) in [6.45, 7) is 4.02. The molecule has 0 N–H and O–H groups in total. The predicted molar refractivity (Wildman–Crippen MR) is 83.0 cm³/mol. The normalized spacial score (nSPS) is 15.1. The van der Waals surface area contributed by atoms with Crippen molar-refractivity contribution in [1.29, 1.82) is 0 Å². The number of carbonyl (C=O) groups excluding carboxylic acids is 2. The summed E-state index contributed by atoms with van der Waals surface area (Å²) in [5, 5.41) is -0.0418. The van der Waals surface area contributed by atoms with Crippen LogP contribution in [0.15, 0.2) is 46.0 Å². The Morgan fingerprint density at radius 2 is 1.86 bits per heavy atom. The molecule has 4 nitrogen and oxygen atoms in total. The van der Waals surface area contributed by atoms with Gasteiger partial charge in [0.2, 0.25) is 0 Å². The molecule has 0 fully saturated rings. The summed E-state index contributed by atoms with van der Waals surface area (Å²) in [6.07, 6.45) is 1.50. The Bertz CT molecular complexity index is 790. The van der Waals surface area contributed by atoms with Gasteiger partial charge in [0.15, 0.2) is 0 Å². The van der Waals surface area contributed by atoms with Crippen LogP contribution in [0.4, 0.5) is 0 Å². The van der Waals surface area contributed by atoms with E-state index in [1.54, 1.807) is 12.1 Å². The highest BCUT2D eigenvalue weighted by Gasteiger charge is 2.38. The van der Waals surface area contributed by atoms with Crippen molar-refractivity contribution in [2.24, 2.45) is 0 Å². The van der Waals surface area contributed by atoms with Crippen LogP contribution in [-0.2, 0) is 16.1 Å². The van der Waals surface area contributed by atoms with Crippen molar-refractivity contribution in [1.82, 2.24) is 4.90 Å². The van der Waals surface area contributed by atoms with E-state index < -0.39 is 11.8 Å². The first-order chi connectivity index (χ1) is 10.5. The molecule has 112 valence electrons. The summed E-state index contributed by atoms with van der Waals surface area (Å²) < 4.78 is 5.20. The van der Waals surface area contributed by atoms with E-state index in [4.69, 9.17) is 16.0 Å². The van der Waals surface area contributed by atoms with Gasteiger partial charge in [-0.3, -0.25) is 14.5 Å². The lowest BCUT2D eigenvalue weighted by molar-refractivity contribution is -0.137. The van der Waals surface area contributed by atoms with Crippen molar-refractivity contribution in [2.45, 2.75) is 20.4 Å². The third kappa shape index (κ3) is 2.35. The highest BCUT2D eigenvalue weighted by molar-refractivity contribution is 6.55. The lowest BCUT2D eigenvalue weighted by Crippen LogP contribution is -2.30. The molecule has 1 aliphatic heterocycles. The molecule has 1 aliphatic rings. The van der Waals surface area contributed by atoms with Gasteiger partial charge in [0.25, 0.3) is 11.8 Å². The molecule has 1 aromatic carbocycles. The molecule has 2 amide bonds. The maximum Gasteiger partial charge on any atom is 0.273 e. The van der Waals surface area contributed by atoms with Gasteiger partial charge in [-0.2, -0.15) is 0 Å². The molecule has 0 atom stereocenters. The molecule has 5 heteroatoms. The first-order valence-electron chi connectivity index (χ1n) is 6.85. The van der Waals surface area contributed by atoms with Gasteiger partial charge in [-0.15, -0.1) is 0 Å². The second-order valence-electron chi connectivity index (χ2n) is 5.26. The maximum absolute atomic E-state index is 12.6. The van der Waals surface area contributed by atoms with Gasteiger partial charge >= 0.3 is 0 Å². The summed E-state index contributed by atoms with van der Waals surface area (Å²) in [5.74, 6) is -0.349.